The first kappa shape index (κ1) is 14.1. The first-order chi connectivity index (χ1) is 10.3. The highest BCUT2D eigenvalue weighted by Crippen LogP contribution is 2.26. The van der Waals surface area contributed by atoms with Gasteiger partial charge in [-0.2, -0.15) is 0 Å². The fraction of sp³-hybridized carbons (Fsp3) is 0.389. The Morgan fingerprint density at radius 2 is 2.14 bits per heavy atom. The number of methoxy groups -OCH3 is 1. The number of aromatic nitrogens is 1. The van der Waals surface area contributed by atoms with E-state index in [1.165, 1.54) is 17.5 Å². The Morgan fingerprint density at radius 3 is 2.90 bits per heavy atom. The van der Waals surface area contributed by atoms with Crippen LogP contribution in [-0.4, -0.2) is 18.1 Å². The van der Waals surface area contributed by atoms with Gasteiger partial charge in [-0.25, -0.2) is 0 Å². The lowest BCUT2D eigenvalue weighted by molar-refractivity contribution is 0.400. The topological polar surface area (TPSA) is 34.1 Å². The molecule has 0 fully saturated rings. The summed E-state index contributed by atoms with van der Waals surface area (Å²) < 4.78 is 5.34. The zero-order chi connectivity index (χ0) is 14.7. The van der Waals surface area contributed by atoms with Gasteiger partial charge < -0.3 is 10.1 Å². The van der Waals surface area contributed by atoms with Crippen LogP contribution in [0.3, 0.4) is 0 Å². The van der Waals surface area contributed by atoms with Crippen molar-refractivity contribution in [2.75, 3.05) is 7.11 Å². The highest BCUT2D eigenvalue weighted by atomic mass is 16.5. The molecule has 1 aromatic heterocycles. The van der Waals surface area contributed by atoms with Gasteiger partial charge in [0.2, 0.25) is 0 Å². The van der Waals surface area contributed by atoms with Crippen molar-refractivity contribution in [3.8, 4) is 5.75 Å². The largest absolute Gasteiger partial charge is 0.497 e. The van der Waals surface area contributed by atoms with Gasteiger partial charge in [0.15, 0.2) is 0 Å². The van der Waals surface area contributed by atoms with Crippen LogP contribution in [0, 0.1) is 0 Å². The van der Waals surface area contributed by atoms with Crippen molar-refractivity contribution >= 4 is 0 Å². The Bertz CT molecular complexity index is 597. The van der Waals surface area contributed by atoms with Crippen molar-refractivity contribution in [1.82, 2.24) is 10.3 Å². The van der Waals surface area contributed by atoms with E-state index in [9.17, 15) is 0 Å². The SMILES string of the molecule is COc1ccc2c(c1)CC(N[C@@H](C)c1ccccn1)CC2. The molecule has 1 heterocycles. The van der Waals surface area contributed by atoms with E-state index in [4.69, 9.17) is 4.74 Å². The quantitative estimate of drug-likeness (QED) is 0.934. The Kier molecular flexibility index (Phi) is 4.20. The number of hydrogen-bond donors (Lipinski definition) is 1. The number of pyridine rings is 1. The second kappa shape index (κ2) is 6.27. The molecule has 1 N–H and O–H groups in total. The number of hydrogen-bond acceptors (Lipinski definition) is 3. The first-order valence-electron chi connectivity index (χ1n) is 7.59. The van der Waals surface area contributed by atoms with Gasteiger partial charge in [-0.1, -0.05) is 12.1 Å². The lowest BCUT2D eigenvalue weighted by atomic mass is 9.87. The van der Waals surface area contributed by atoms with Crippen LogP contribution in [0.15, 0.2) is 42.6 Å². The summed E-state index contributed by atoms with van der Waals surface area (Å²) in [6.45, 7) is 2.18. The highest BCUT2D eigenvalue weighted by molar-refractivity contribution is 5.38. The van der Waals surface area contributed by atoms with E-state index in [1.54, 1.807) is 7.11 Å². The van der Waals surface area contributed by atoms with E-state index in [1.807, 2.05) is 18.3 Å². The van der Waals surface area contributed by atoms with E-state index in [0.717, 1.165) is 24.3 Å². The number of nitrogens with one attached hydrogen (secondary N) is 1. The molecule has 0 spiro atoms. The van der Waals surface area contributed by atoms with Crippen molar-refractivity contribution in [3.63, 3.8) is 0 Å². The number of rotatable bonds is 4. The van der Waals surface area contributed by atoms with Crippen molar-refractivity contribution < 1.29 is 4.74 Å². The third-order valence-corrected chi connectivity index (χ3v) is 4.26. The Hall–Kier alpha value is -1.87. The minimum atomic E-state index is 0.281. The van der Waals surface area contributed by atoms with E-state index in [2.05, 4.69) is 41.5 Å². The smallest absolute Gasteiger partial charge is 0.119 e. The Morgan fingerprint density at radius 1 is 1.24 bits per heavy atom. The van der Waals surface area contributed by atoms with Crippen molar-refractivity contribution in [2.24, 2.45) is 0 Å². The monoisotopic (exact) mass is 282 g/mol. The maximum Gasteiger partial charge on any atom is 0.119 e. The van der Waals surface area contributed by atoms with Crippen LogP contribution in [0.4, 0.5) is 0 Å². The molecule has 3 heteroatoms. The number of aryl methyl sites for hydroxylation is 1. The van der Waals surface area contributed by atoms with Gasteiger partial charge in [0.05, 0.1) is 12.8 Å². The summed E-state index contributed by atoms with van der Waals surface area (Å²) in [5, 5.41) is 3.71. The maximum absolute atomic E-state index is 5.34. The van der Waals surface area contributed by atoms with Crippen LogP contribution in [-0.2, 0) is 12.8 Å². The lowest BCUT2D eigenvalue weighted by Crippen LogP contribution is -2.36. The normalized spacial score (nSPS) is 18.9. The molecule has 1 aliphatic carbocycles. The summed E-state index contributed by atoms with van der Waals surface area (Å²) in [7, 11) is 1.73. The molecule has 0 saturated heterocycles. The third-order valence-electron chi connectivity index (χ3n) is 4.26. The highest BCUT2D eigenvalue weighted by Gasteiger charge is 2.21. The molecule has 1 unspecified atom stereocenters. The van der Waals surface area contributed by atoms with Gasteiger partial charge in [0.25, 0.3) is 0 Å². The molecule has 1 aliphatic rings. The standard InChI is InChI=1S/C18H22N2O/c1-13(18-5-3-4-10-19-18)20-16-8-6-14-7-9-17(21-2)12-15(14)11-16/h3-5,7,9-10,12-13,16,20H,6,8,11H2,1-2H3/t13-,16?/m0/s1. The summed E-state index contributed by atoms with van der Waals surface area (Å²) in [6.07, 6.45) is 5.22. The second-order valence-corrected chi connectivity index (χ2v) is 5.72. The molecule has 21 heavy (non-hydrogen) atoms. The van der Waals surface area contributed by atoms with E-state index < -0.39 is 0 Å². The number of fused-ring (bicyclic) bond motifs is 1. The molecular formula is C18H22N2O. The molecule has 2 aromatic rings. The summed E-state index contributed by atoms with van der Waals surface area (Å²) >= 11 is 0. The van der Waals surface area contributed by atoms with Gasteiger partial charge in [0, 0.05) is 18.3 Å². The number of ether oxygens (including phenoxy) is 1. The average Bonchev–Trinajstić information content (AvgIpc) is 2.55. The van der Waals surface area contributed by atoms with Gasteiger partial charge in [-0.05, 0) is 61.6 Å². The van der Waals surface area contributed by atoms with E-state index in [-0.39, 0.29) is 6.04 Å². The summed E-state index contributed by atoms with van der Waals surface area (Å²) in [5.41, 5.74) is 3.97. The summed E-state index contributed by atoms with van der Waals surface area (Å²) in [4.78, 5) is 4.43. The molecule has 1 aromatic carbocycles. The zero-order valence-corrected chi connectivity index (χ0v) is 12.7. The molecule has 110 valence electrons. The number of benzene rings is 1. The summed E-state index contributed by atoms with van der Waals surface area (Å²) in [6, 6.07) is 13.3. The van der Waals surface area contributed by atoms with E-state index in [0.29, 0.717) is 6.04 Å². The molecular weight excluding hydrogens is 260 g/mol. The number of nitrogens with zero attached hydrogens (tertiary/aromatic N) is 1. The molecule has 0 aliphatic heterocycles. The van der Waals surface area contributed by atoms with Crippen molar-refractivity contribution in [2.45, 2.75) is 38.3 Å². The Labute approximate surface area is 126 Å². The fourth-order valence-corrected chi connectivity index (χ4v) is 3.07. The third kappa shape index (κ3) is 3.24. The Balaban J connectivity index is 1.68. The molecule has 0 amide bonds. The van der Waals surface area contributed by atoms with Crippen molar-refractivity contribution in [3.05, 3.63) is 59.4 Å². The first-order valence-corrected chi connectivity index (χ1v) is 7.59. The molecule has 0 bridgehead atoms. The van der Waals surface area contributed by atoms with Gasteiger partial charge >= 0.3 is 0 Å². The molecule has 0 saturated carbocycles. The van der Waals surface area contributed by atoms with Gasteiger partial charge in [-0.15, -0.1) is 0 Å². The lowest BCUT2D eigenvalue weighted by Gasteiger charge is -2.28. The predicted molar refractivity (Wildman–Crippen MR) is 84.6 cm³/mol. The maximum atomic E-state index is 5.34. The predicted octanol–water partition coefficient (Wildman–Crippen LogP) is 3.30. The summed E-state index contributed by atoms with van der Waals surface area (Å²) in [5.74, 6) is 0.951. The van der Waals surface area contributed by atoms with Crippen LogP contribution in [0.2, 0.25) is 0 Å². The van der Waals surface area contributed by atoms with Crippen LogP contribution in [0.5, 0.6) is 5.75 Å². The van der Waals surface area contributed by atoms with Crippen LogP contribution >= 0.6 is 0 Å². The molecule has 3 nitrogen and oxygen atoms in total. The van der Waals surface area contributed by atoms with Crippen LogP contribution in [0.1, 0.15) is 36.2 Å². The zero-order valence-electron chi connectivity index (χ0n) is 12.7. The average molecular weight is 282 g/mol. The van der Waals surface area contributed by atoms with Crippen molar-refractivity contribution in [1.29, 1.82) is 0 Å². The van der Waals surface area contributed by atoms with Crippen LogP contribution in [0.25, 0.3) is 0 Å². The molecule has 2 atom stereocenters. The molecule has 3 rings (SSSR count). The second-order valence-electron chi connectivity index (χ2n) is 5.72. The van der Waals surface area contributed by atoms with Gasteiger partial charge in [0.1, 0.15) is 5.75 Å². The van der Waals surface area contributed by atoms with Crippen LogP contribution < -0.4 is 10.1 Å². The minimum absolute atomic E-state index is 0.281. The minimum Gasteiger partial charge on any atom is -0.497 e. The van der Waals surface area contributed by atoms with E-state index >= 15 is 0 Å². The van der Waals surface area contributed by atoms with Gasteiger partial charge in [-0.3, -0.25) is 4.98 Å². The fourth-order valence-electron chi connectivity index (χ4n) is 3.07. The molecule has 0 radical (unpaired) electrons.